The van der Waals surface area contributed by atoms with Gasteiger partial charge in [0.1, 0.15) is 0 Å². The van der Waals surface area contributed by atoms with Gasteiger partial charge in [-0.05, 0) is 31.0 Å². The highest BCUT2D eigenvalue weighted by molar-refractivity contribution is 5.93. The molecule has 1 atom stereocenters. The highest BCUT2D eigenvalue weighted by Crippen LogP contribution is 2.21. The third kappa shape index (κ3) is 2.50. The summed E-state index contributed by atoms with van der Waals surface area (Å²) in [5.41, 5.74) is 0.656. The van der Waals surface area contributed by atoms with Crippen molar-refractivity contribution >= 4 is 5.91 Å². The summed E-state index contributed by atoms with van der Waals surface area (Å²) in [5, 5.41) is 4.27. The van der Waals surface area contributed by atoms with Crippen molar-refractivity contribution in [3.05, 3.63) is 48.5 Å². The number of likely N-dealkylation sites (tertiary alicyclic amines) is 1. The second-order valence-corrected chi connectivity index (χ2v) is 4.77. The molecule has 19 heavy (non-hydrogen) atoms. The molecule has 0 spiro atoms. The van der Waals surface area contributed by atoms with Crippen LogP contribution in [-0.2, 0) is 0 Å². The Labute approximate surface area is 111 Å². The Hall–Kier alpha value is -2.17. The van der Waals surface area contributed by atoms with Gasteiger partial charge in [0.15, 0.2) is 0 Å². The van der Waals surface area contributed by atoms with Crippen molar-refractivity contribution in [3.8, 4) is 0 Å². The van der Waals surface area contributed by atoms with Gasteiger partial charge in [0.25, 0.3) is 5.91 Å². The molecule has 2 aromatic heterocycles. The van der Waals surface area contributed by atoms with Gasteiger partial charge in [-0.1, -0.05) is 0 Å². The number of rotatable bonds is 2. The maximum absolute atomic E-state index is 12.4. The van der Waals surface area contributed by atoms with Gasteiger partial charge in [0, 0.05) is 37.9 Å². The lowest BCUT2D eigenvalue weighted by molar-refractivity contribution is 0.0672. The Morgan fingerprint density at radius 2 is 2.26 bits per heavy atom. The van der Waals surface area contributed by atoms with Crippen molar-refractivity contribution in [1.82, 2.24) is 19.7 Å². The molecule has 0 aliphatic carbocycles. The van der Waals surface area contributed by atoms with Crippen LogP contribution in [0.2, 0.25) is 0 Å². The van der Waals surface area contributed by atoms with Crippen LogP contribution in [0.4, 0.5) is 0 Å². The van der Waals surface area contributed by atoms with E-state index < -0.39 is 0 Å². The molecule has 5 heteroatoms. The van der Waals surface area contributed by atoms with E-state index in [1.54, 1.807) is 24.7 Å². The monoisotopic (exact) mass is 256 g/mol. The topological polar surface area (TPSA) is 51.0 Å². The van der Waals surface area contributed by atoms with E-state index in [2.05, 4.69) is 10.1 Å². The van der Waals surface area contributed by atoms with Gasteiger partial charge in [-0.2, -0.15) is 5.10 Å². The van der Waals surface area contributed by atoms with Gasteiger partial charge in [-0.25, -0.2) is 0 Å². The predicted octanol–water partition coefficient (Wildman–Crippen LogP) is 1.76. The van der Waals surface area contributed by atoms with Crippen LogP contribution in [-0.4, -0.2) is 38.7 Å². The van der Waals surface area contributed by atoms with Gasteiger partial charge in [-0.3, -0.25) is 14.5 Å². The molecule has 3 heterocycles. The van der Waals surface area contributed by atoms with Crippen molar-refractivity contribution in [2.45, 2.75) is 18.9 Å². The fourth-order valence-electron chi connectivity index (χ4n) is 2.52. The van der Waals surface area contributed by atoms with E-state index in [1.807, 2.05) is 27.9 Å². The number of carbonyl (C=O) groups excluding carboxylic acids is 1. The summed E-state index contributed by atoms with van der Waals surface area (Å²) in [6, 6.07) is 5.81. The van der Waals surface area contributed by atoms with Crippen molar-refractivity contribution in [3.63, 3.8) is 0 Å². The fourth-order valence-corrected chi connectivity index (χ4v) is 2.52. The molecule has 5 nitrogen and oxygen atoms in total. The largest absolute Gasteiger partial charge is 0.336 e. The summed E-state index contributed by atoms with van der Waals surface area (Å²) < 4.78 is 1.95. The molecule has 2 aromatic rings. The Morgan fingerprint density at radius 3 is 3.00 bits per heavy atom. The molecule has 3 rings (SSSR count). The summed E-state index contributed by atoms with van der Waals surface area (Å²) in [6.07, 6.45) is 9.12. The second-order valence-electron chi connectivity index (χ2n) is 4.77. The first kappa shape index (κ1) is 11.9. The first-order valence-electron chi connectivity index (χ1n) is 6.53. The summed E-state index contributed by atoms with van der Waals surface area (Å²) in [6.45, 7) is 1.53. The molecule has 1 aliphatic heterocycles. The summed E-state index contributed by atoms with van der Waals surface area (Å²) >= 11 is 0. The van der Waals surface area contributed by atoms with Crippen LogP contribution in [0.5, 0.6) is 0 Å². The molecule has 0 N–H and O–H groups in total. The number of pyridine rings is 1. The highest BCUT2D eigenvalue weighted by atomic mass is 16.2. The van der Waals surface area contributed by atoms with E-state index in [1.165, 1.54) is 0 Å². The van der Waals surface area contributed by atoms with E-state index in [-0.39, 0.29) is 11.9 Å². The lowest BCUT2D eigenvalue weighted by Gasteiger charge is -2.32. The average Bonchev–Trinajstić information content (AvgIpc) is 3.02. The molecule has 98 valence electrons. The van der Waals surface area contributed by atoms with E-state index in [0.29, 0.717) is 5.56 Å². The number of carbonyl (C=O) groups is 1. The normalized spacial score (nSPS) is 19.4. The quantitative estimate of drug-likeness (QED) is 0.822. The van der Waals surface area contributed by atoms with Crippen LogP contribution in [0.1, 0.15) is 29.2 Å². The number of hydrogen-bond donors (Lipinski definition) is 0. The second kappa shape index (κ2) is 5.22. The molecular formula is C14H16N4O. The lowest BCUT2D eigenvalue weighted by Crippen LogP contribution is -2.40. The highest BCUT2D eigenvalue weighted by Gasteiger charge is 2.25. The van der Waals surface area contributed by atoms with Gasteiger partial charge in [0.05, 0.1) is 11.6 Å². The number of amides is 1. The van der Waals surface area contributed by atoms with Crippen LogP contribution in [0, 0.1) is 0 Å². The van der Waals surface area contributed by atoms with Crippen LogP contribution in [0.3, 0.4) is 0 Å². The first-order chi connectivity index (χ1) is 9.34. The van der Waals surface area contributed by atoms with E-state index in [9.17, 15) is 4.79 Å². The minimum Gasteiger partial charge on any atom is -0.336 e. The maximum atomic E-state index is 12.4. The number of aromatic nitrogens is 3. The zero-order valence-corrected chi connectivity index (χ0v) is 10.6. The standard InChI is InChI=1S/C14H16N4O/c19-14(12-4-1-6-15-10-12)17-8-2-5-13(11-17)18-9-3-7-16-18/h1,3-4,6-7,9-10,13H,2,5,8,11H2. The fraction of sp³-hybridized carbons (Fsp3) is 0.357. The lowest BCUT2D eigenvalue weighted by atomic mass is 10.1. The minimum atomic E-state index is 0.0601. The van der Waals surface area contributed by atoms with E-state index in [4.69, 9.17) is 0 Å². The van der Waals surface area contributed by atoms with Crippen molar-refractivity contribution < 1.29 is 4.79 Å². The smallest absolute Gasteiger partial charge is 0.255 e. The van der Waals surface area contributed by atoms with Gasteiger partial charge in [0.2, 0.25) is 0 Å². The molecule has 0 saturated carbocycles. The Morgan fingerprint density at radius 1 is 1.32 bits per heavy atom. The average molecular weight is 256 g/mol. The van der Waals surface area contributed by atoms with Gasteiger partial charge >= 0.3 is 0 Å². The van der Waals surface area contributed by atoms with Crippen molar-refractivity contribution in [1.29, 1.82) is 0 Å². The summed E-state index contributed by atoms with van der Waals surface area (Å²) in [7, 11) is 0. The first-order valence-corrected chi connectivity index (χ1v) is 6.53. The SMILES string of the molecule is O=C(c1cccnc1)N1CCCC(n2cccn2)C1. The Bertz CT molecular complexity index is 538. The maximum Gasteiger partial charge on any atom is 0.255 e. The van der Waals surface area contributed by atoms with Crippen LogP contribution < -0.4 is 0 Å². The van der Waals surface area contributed by atoms with Crippen LogP contribution >= 0.6 is 0 Å². The molecule has 0 bridgehead atoms. The molecule has 1 unspecified atom stereocenters. The number of hydrogen-bond acceptors (Lipinski definition) is 3. The third-order valence-corrected chi connectivity index (χ3v) is 3.49. The zero-order valence-electron chi connectivity index (χ0n) is 10.6. The van der Waals surface area contributed by atoms with Crippen molar-refractivity contribution in [2.75, 3.05) is 13.1 Å². The van der Waals surface area contributed by atoms with Gasteiger partial charge < -0.3 is 4.90 Å². The number of piperidine rings is 1. The minimum absolute atomic E-state index is 0.0601. The molecule has 1 fully saturated rings. The molecule has 1 amide bonds. The van der Waals surface area contributed by atoms with E-state index >= 15 is 0 Å². The summed E-state index contributed by atoms with van der Waals surface area (Å²) in [5.74, 6) is 0.0601. The summed E-state index contributed by atoms with van der Waals surface area (Å²) in [4.78, 5) is 18.3. The predicted molar refractivity (Wildman–Crippen MR) is 70.6 cm³/mol. The van der Waals surface area contributed by atoms with Crippen molar-refractivity contribution in [2.24, 2.45) is 0 Å². The third-order valence-electron chi connectivity index (χ3n) is 3.49. The van der Waals surface area contributed by atoms with Crippen LogP contribution in [0.15, 0.2) is 43.0 Å². The molecule has 1 aliphatic rings. The molecule has 1 saturated heterocycles. The molecule has 0 radical (unpaired) electrons. The number of nitrogens with zero attached hydrogens (tertiary/aromatic N) is 4. The molecular weight excluding hydrogens is 240 g/mol. The zero-order chi connectivity index (χ0) is 13.1. The Kier molecular flexibility index (Phi) is 3.27. The molecule has 0 aromatic carbocycles. The van der Waals surface area contributed by atoms with E-state index in [0.717, 1.165) is 25.9 Å². The van der Waals surface area contributed by atoms with Gasteiger partial charge in [-0.15, -0.1) is 0 Å². The Balaban J connectivity index is 1.73. The van der Waals surface area contributed by atoms with Crippen LogP contribution in [0.25, 0.3) is 0 Å².